The van der Waals surface area contributed by atoms with E-state index in [4.69, 9.17) is 9.47 Å². The Morgan fingerprint density at radius 2 is 1.95 bits per heavy atom. The Hall–Kier alpha value is -2.00. The van der Waals surface area contributed by atoms with E-state index in [1.54, 1.807) is 7.11 Å². The molecule has 0 saturated heterocycles. The lowest BCUT2D eigenvalue weighted by Gasteiger charge is -2.30. The molecular formula is C18H20O3. The minimum absolute atomic E-state index is 0.105. The van der Waals surface area contributed by atoms with Crippen molar-refractivity contribution >= 4 is 0 Å². The van der Waals surface area contributed by atoms with Gasteiger partial charge in [-0.3, -0.25) is 0 Å². The summed E-state index contributed by atoms with van der Waals surface area (Å²) in [5.74, 6) is 1.47. The normalized spacial score (nSPS) is 20.5. The fourth-order valence-electron chi connectivity index (χ4n) is 2.72. The van der Waals surface area contributed by atoms with Crippen molar-refractivity contribution in [2.45, 2.75) is 32.0 Å². The summed E-state index contributed by atoms with van der Waals surface area (Å²) >= 11 is 0. The largest absolute Gasteiger partial charge is 0.497 e. The molecule has 0 radical (unpaired) electrons. The van der Waals surface area contributed by atoms with Crippen molar-refractivity contribution in [3.05, 3.63) is 59.2 Å². The number of methoxy groups -OCH3 is 1. The van der Waals surface area contributed by atoms with E-state index in [0.717, 1.165) is 29.0 Å². The maximum absolute atomic E-state index is 10.4. The third-order valence-corrected chi connectivity index (χ3v) is 4.04. The van der Waals surface area contributed by atoms with E-state index in [1.807, 2.05) is 18.2 Å². The first-order chi connectivity index (χ1) is 10.2. The van der Waals surface area contributed by atoms with Crippen molar-refractivity contribution < 1.29 is 14.6 Å². The fraction of sp³-hybridized carbons (Fsp3) is 0.333. The summed E-state index contributed by atoms with van der Waals surface area (Å²) in [6.07, 6.45) is 0.953. The van der Waals surface area contributed by atoms with Crippen LogP contribution in [0.15, 0.2) is 42.5 Å². The number of hydrogen-bond donors (Lipinski definition) is 1. The Morgan fingerprint density at radius 1 is 1.19 bits per heavy atom. The molecule has 0 fully saturated rings. The van der Waals surface area contributed by atoms with E-state index in [0.29, 0.717) is 6.42 Å². The second-order valence-electron chi connectivity index (χ2n) is 5.36. The second kappa shape index (κ2) is 5.78. The van der Waals surface area contributed by atoms with Gasteiger partial charge in [-0.1, -0.05) is 31.2 Å². The van der Waals surface area contributed by atoms with Crippen LogP contribution >= 0.6 is 0 Å². The van der Waals surface area contributed by atoms with Crippen LogP contribution in [0.3, 0.4) is 0 Å². The molecule has 2 aromatic carbocycles. The van der Waals surface area contributed by atoms with Crippen LogP contribution in [0.25, 0.3) is 0 Å². The van der Waals surface area contributed by atoms with Gasteiger partial charge in [0.1, 0.15) is 17.6 Å². The zero-order chi connectivity index (χ0) is 14.8. The van der Waals surface area contributed by atoms with Crippen LogP contribution in [0.5, 0.6) is 11.5 Å². The number of fused-ring (bicyclic) bond motifs is 1. The Kier molecular flexibility index (Phi) is 3.84. The van der Waals surface area contributed by atoms with Gasteiger partial charge in [0.15, 0.2) is 0 Å². The second-order valence-corrected chi connectivity index (χ2v) is 5.36. The summed E-state index contributed by atoms with van der Waals surface area (Å²) in [6.45, 7) is 2.14. The predicted molar refractivity (Wildman–Crippen MR) is 81.8 cm³/mol. The van der Waals surface area contributed by atoms with Gasteiger partial charge in [-0.25, -0.2) is 0 Å². The van der Waals surface area contributed by atoms with Gasteiger partial charge < -0.3 is 14.6 Å². The van der Waals surface area contributed by atoms with Crippen molar-refractivity contribution in [2.75, 3.05) is 7.11 Å². The minimum Gasteiger partial charge on any atom is -0.497 e. The first-order valence-electron chi connectivity index (χ1n) is 7.32. The zero-order valence-corrected chi connectivity index (χ0v) is 12.4. The molecule has 3 heteroatoms. The van der Waals surface area contributed by atoms with Gasteiger partial charge in [-0.15, -0.1) is 0 Å². The van der Waals surface area contributed by atoms with E-state index in [9.17, 15) is 5.11 Å². The van der Waals surface area contributed by atoms with Crippen molar-refractivity contribution in [3.8, 4) is 11.5 Å². The average Bonchev–Trinajstić information content (AvgIpc) is 2.54. The molecule has 21 heavy (non-hydrogen) atoms. The first kappa shape index (κ1) is 14.0. The summed E-state index contributed by atoms with van der Waals surface area (Å²) in [6, 6.07) is 14.0. The van der Waals surface area contributed by atoms with E-state index in [-0.39, 0.29) is 6.10 Å². The maximum atomic E-state index is 10.4. The summed E-state index contributed by atoms with van der Waals surface area (Å²) in [5.41, 5.74) is 3.21. The highest BCUT2D eigenvalue weighted by Gasteiger charge is 2.28. The third-order valence-electron chi connectivity index (χ3n) is 4.04. The topological polar surface area (TPSA) is 38.7 Å². The van der Waals surface area contributed by atoms with Crippen LogP contribution in [0.4, 0.5) is 0 Å². The molecule has 3 nitrogen and oxygen atoms in total. The zero-order valence-electron chi connectivity index (χ0n) is 12.4. The molecule has 2 unspecified atom stereocenters. The van der Waals surface area contributed by atoms with Crippen LogP contribution in [0, 0.1) is 0 Å². The first-order valence-corrected chi connectivity index (χ1v) is 7.32. The van der Waals surface area contributed by atoms with E-state index < -0.39 is 6.10 Å². The summed E-state index contributed by atoms with van der Waals surface area (Å²) in [4.78, 5) is 0. The summed E-state index contributed by atoms with van der Waals surface area (Å²) in [5, 5.41) is 10.4. The lowest BCUT2D eigenvalue weighted by Crippen LogP contribution is -2.19. The molecule has 0 bridgehead atoms. The van der Waals surface area contributed by atoms with Crippen molar-refractivity contribution in [3.63, 3.8) is 0 Å². The molecule has 1 aliphatic rings. The average molecular weight is 284 g/mol. The Balaban J connectivity index is 1.87. The van der Waals surface area contributed by atoms with Crippen molar-refractivity contribution in [2.24, 2.45) is 0 Å². The van der Waals surface area contributed by atoms with Crippen LogP contribution in [-0.4, -0.2) is 12.2 Å². The van der Waals surface area contributed by atoms with Gasteiger partial charge in [0, 0.05) is 12.0 Å². The maximum Gasteiger partial charge on any atom is 0.127 e. The number of ether oxygens (including phenoxy) is 2. The number of aliphatic hydroxyl groups excluding tert-OH is 1. The van der Waals surface area contributed by atoms with Gasteiger partial charge in [0.05, 0.1) is 13.2 Å². The van der Waals surface area contributed by atoms with Gasteiger partial charge in [-0.05, 0) is 35.7 Å². The predicted octanol–water partition coefficient (Wildman–Crippen LogP) is 3.81. The highest BCUT2D eigenvalue weighted by molar-refractivity contribution is 5.43. The van der Waals surface area contributed by atoms with Crippen LogP contribution in [0.1, 0.15) is 42.2 Å². The molecule has 0 saturated carbocycles. The highest BCUT2D eigenvalue weighted by atomic mass is 16.5. The number of benzene rings is 2. The number of aliphatic hydroxyl groups is 1. The van der Waals surface area contributed by atoms with Crippen molar-refractivity contribution in [1.29, 1.82) is 0 Å². The molecule has 0 amide bonds. The van der Waals surface area contributed by atoms with E-state index in [1.165, 1.54) is 5.56 Å². The number of hydrogen-bond acceptors (Lipinski definition) is 3. The van der Waals surface area contributed by atoms with Crippen molar-refractivity contribution in [1.82, 2.24) is 0 Å². The third kappa shape index (κ3) is 2.74. The molecule has 0 aromatic heterocycles. The molecule has 0 aliphatic carbocycles. The SMILES string of the molecule is CCc1ccc(C2CC(O)c3cc(OC)ccc3O2)cc1. The molecule has 2 aromatic rings. The molecule has 1 aliphatic heterocycles. The molecule has 3 rings (SSSR count). The quantitative estimate of drug-likeness (QED) is 0.931. The molecule has 0 spiro atoms. The Morgan fingerprint density at radius 3 is 2.62 bits per heavy atom. The van der Waals surface area contributed by atoms with E-state index in [2.05, 4.69) is 31.2 Å². The molecule has 1 heterocycles. The number of aryl methyl sites for hydroxylation is 1. The Labute approximate surface area is 125 Å². The van der Waals surface area contributed by atoms with Gasteiger partial charge in [-0.2, -0.15) is 0 Å². The molecule has 110 valence electrons. The van der Waals surface area contributed by atoms with E-state index >= 15 is 0 Å². The lowest BCUT2D eigenvalue weighted by molar-refractivity contribution is 0.0654. The number of rotatable bonds is 3. The summed E-state index contributed by atoms with van der Waals surface area (Å²) in [7, 11) is 1.62. The highest BCUT2D eigenvalue weighted by Crippen LogP contribution is 2.42. The minimum atomic E-state index is -0.528. The van der Waals surface area contributed by atoms with Gasteiger partial charge in [0.2, 0.25) is 0 Å². The Bertz CT molecular complexity index is 619. The van der Waals surface area contributed by atoms with Gasteiger partial charge in [0.25, 0.3) is 0 Å². The summed E-state index contributed by atoms with van der Waals surface area (Å²) < 4.78 is 11.2. The van der Waals surface area contributed by atoms with Crippen LogP contribution in [-0.2, 0) is 6.42 Å². The lowest BCUT2D eigenvalue weighted by atomic mass is 9.94. The molecule has 1 N–H and O–H groups in total. The fourth-order valence-corrected chi connectivity index (χ4v) is 2.72. The van der Waals surface area contributed by atoms with Gasteiger partial charge >= 0.3 is 0 Å². The molecule has 2 atom stereocenters. The van der Waals surface area contributed by atoms with Crippen LogP contribution < -0.4 is 9.47 Å². The smallest absolute Gasteiger partial charge is 0.127 e. The molecular weight excluding hydrogens is 264 g/mol. The van der Waals surface area contributed by atoms with Crippen LogP contribution in [0.2, 0.25) is 0 Å². The monoisotopic (exact) mass is 284 g/mol. The standard InChI is InChI=1S/C18H20O3/c1-3-12-4-6-13(7-5-12)18-11-16(19)15-10-14(20-2)8-9-17(15)21-18/h4-10,16,18-19H,3,11H2,1-2H3.